The van der Waals surface area contributed by atoms with E-state index in [1.807, 2.05) is 4.90 Å². The summed E-state index contributed by atoms with van der Waals surface area (Å²) in [5, 5.41) is 0. The lowest BCUT2D eigenvalue weighted by Gasteiger charge is -2.25. The molecule has 0 spiro atoms. The second-order valence-corrected chi connectivity index (χ2v) is 4.95. The minimum Gasteiger partial charge on any atom is -0.341 e. The maximum Gasteiger partial charge on any atom is 0.242 e. The van der Waals surface area contributed by atoms with E-state index >= 15 is 0 Å². The zero-order chi connectivity index (χ0) is 12.3. The van der Waals surface area contributed by atoms with Gasteiger partial charge in [-0.15, -0.1) is 0 Å². The predicted octanol–water partition coefficient (Wildman–Crippen LogP) is -0.0514. The fourth-order valence-electron chi connectivity index (χ4n) is 2.52. The second-order valence-electron chi connectivity index (χ2n) is 4.95. The second kappa shape index (κ2) is 5.49. The Morgan fingerprint density at radius 2 is 1.82 bits per heavy atom. The zero-order valence-corrected chi connectivity index (χ0v) is 10.2. The smallest absolute Gasteiger partial charge is 0.242 e. The molecule has 2 fully saturated rings. The van der Waals surface area contributed by atoms with Crippen LogP contribution in [0.1, 0.15) is 32.1 Å². The summed E-state index contributed by atoms with van der Waals surface area (Å²) in [5.41, 5.74) is 5.78. The highest BCUT2D eigenvalue weighted by Gasteiger charge is 2.27. The molecule has 2 aliphatic heterocycles. The molecular weight excluding hydrogens is 218 g/mol. The van der Waals surface area contributed by atoms with E-state index in [-0.39, 0.29) is 18.4 Å². The van der Waals surface area contributed by atoms with Crippen molar-refractivity contribution >= 4 is 11.8 Å². The number of likely N-dealkylation sites (tertiary alicyclic amines) is 2. The van der Waals surface area contributed by atoms with Gasteiger partial charge in [-0.05, 0) is 32.1 Å². The van der Waals surface area contributed by atoms with Crippen LogP contribution in [0, 0.1) is 0 Å². The highest BCUT2D eigenvalue weighted by atomic mass is 16.2. The molecule has 0 bridgehead atoms. The summed E-state index contributed by atoms with van der Waals surface area (Å²) in [4.78, 5) is 27.4. The summed E-state index contributed by atoms with van der Waals surface area (Å²) in [7, 11) is 0. The van der Waals surface area contributed by atoms with Crippen molar-refractivity contribution in [1.29, 1.82) is 0 Å². The van der Waals surface area contributed by atoms with Crippen LogP contribution in [-0.2, 0) is 9.59 Å². The van der Waals surface area contributed by atoms with Gasteiger partial charge in [0.15, 0.2) is 0 Å². The maximum absolute atomic E-state index is 12.0. The Kier molecular flexibility index (Phi) is 3.99. The van der Waals surface area contributed by atoms with Crippen molar-refractivity contribution in [3.8, 4) is 0 Å². The first-order valence-corrected chi connectivity index (χ1v) is 6.50. The molecule has 0 aromatic heterocycles. The Morgan fingerprint density at radius 3 is 2.53 bits per heavy atom. The molecule has 0 aromatic carbocycles. The van der Waals surface area contributed by atoms with Gasteiger partial charge >= 0.3 is 0 Å². The lowest BCUT2D eigenvalue weighted by Crippen LogP contribution is -2.47. The number of rotatable bonds is 2. The normalized spacial score (nSPS) is 26.2. The molecule has 5 heteroatoms. The Labute approximate surface area is 102 Å². The van der Waals surface area contributed by atoms with E-state index in [2.05, 4.69) is 0 Å². The van der Waals surface area contributed by atoms with Gasteiger partial charge in [0, 0.05) is 19.6 Å². The monoisotopic (exact) mass is 239 g/mol. The van der Waals surface area contributed by atoms with Crippen molar-refractivity contribution in [2.24, 2.45) is 5.73 Å². The number of carbonyl (C=O) groups is 2. The van der Waals surface area contributed by atoms with E-state index in [4.69, 9.17) is 5.73 Å². The van der Waals surface area contributed by atoms with Gasteiger partial charge in [-0.25, -0.2) is 0 Å². The Hall–Kier alpha value is -1.10. The molecular formula is C12H21N3O2. The van der Waals surface area contributed by atoms with Gasteiger partial charge in [0.25, 0.3) is 0 Å². The molecule has 0 saturated carbocycles. The van der Waals surface area contributed by atoms with Crippen LogP contribution in [0.3, 0.4) is 0 Å². The minimum absolute atomic E-state index is 0.0601. The van der Waals surface area contributed by atoms with Gasteiger partial charge < -0.3 is 15.5 Å². The van der Waals surface area contributed by atoms with E-state index in [0.29, 0.717) is 6.54 Å². The molecule has 96 valence electrons. The highest BCUT2D eigenvalue weighted by molar-refractivity contribution is 5.87. The third kappa shape index (κ3) is 2.97. The highest BCUT2D eigenvalue weighted by Crippen LogP contribution is 2.12. The van der Waals surface area contributed by atoms with Crippen molar-refractivity contribution in [1.82, 2.24) is 9.80 Å². The van der Waals surface area contributed by atoms with Gasteiger partial charge in [0.1, 0.15) is 0 Å². The van der Waals surface area contributed by atoms with Crippen molar-refractivity contribution in [3.05, 3.63) is 0 Å². The standard InChI is InChI=1S/C12H21N3O2/c13-10-5-1-2-8-15(12(10)17)9-11(16)14-6-3-4-7-14/h10H,1-9,13H2/t10-/m0/s1. The molecule has 2 heterocycles. The van der Waals surface area contributed by atoms with Gasteiger partial charge in [-0.2, -0.15) is 0 Å². The number of amides is 2. The lowest BCUT2D eigenvalue weighted by atomic mass is 10.1. The van der Waals surface area contributed by atoms with Crippen LogP contribution >= 0.6 is 0 Å². The molecule has 2 N–H and O–H groups in total. The van der Waals surface area contributed by atoms with E-state index in [1.54, 1.807) is 4.90 Å². The average molecular weight is 239 g/mol. The number of carbonyl (C=O) groups excluding carboxylic acids is 2. The number of hydrogen-bond acceptors (Lipinski definition) is 3. The largest absolute Gasteiger partial charge is 0.341 e. The van der Waals surface area contributed by atoms with Gasteiger partial charge in [0.2, 0.25) is 11.8 Å². The molecule has 2 aliphatic rings. The van der Waals surface area contributed by atoms with Crippen LogP contribution in [0.25, 0.3) is 0 Å². The maximum atomic E-state index is 12.0. The van der Waals surface area contributed by atoms with Crippen molar-refractivity contribution < 1.29 is 9.59 Å². The number of nitrogens with two attached hydrogens (primary N) is 1. The van der Waals surface area contributed by atoms with E-state index in [9.17, 15) is 9.59 Å². The zero-order valence-electron chi connectivity index (χ0n) is 10.2. The van der Waals surface area contributed by atoms with Crippen molar-refractivity contribution in [2.75, 3.05) is 26.2 Å². The third-order valence-corrected chi connectivity index (χ3v) is 3.61. The quantitative estimate of drug-likeness (QED) is 0.734. The van der Waals surface area contributed by atoms with Crippen molar-refractivity contribution in [3.63, 3.8) is 0 Å². The molecule has 5 nitrogen and oxygen atoms in total. The Morgan fingerprint density at radius 1 is 1.18 bits per heavy atom. The average Bonchev–Trinajstić information content (AvgIpc) is 2.80. The predicted molar refractivity (Wildman–Crippen MR) is 64.2 cm³/mol. The minimum atomic E-state index is -0.413. The summed E-state index contributed by atoms with van der Waals surface area (Å²) in [5.74, 6) is 0.0139. The third-order valence-electron chi connectivity index (χ3n) is 3.61. The number of nitrogens with zero attached hydrogens (tertiary/aromatic N) is 2. The van der Waals surface area contributed by atoms with Crippen LogP contribution in [0.15, 0.2) is 0 Å². The van der Waals surface area contributed by atoms with Crippen LogP contribution in [-0.4, -0.2) is 53.8 Å². The molecule has 17 heavy (non-hydrogen) atoms. The van der Waals surface area contributed by atoms with Gasteiger partial charge in [0.05, 0.1) is 12.6 Å². The van der Waals surface area contributed by atoms with Crippen LogP contribution in [0.5, 0.6) is 0 Å². The Balaban J connectivity index is 1.91. The van der Waals surface area contributed by atoms with Crippen molar-refractivity contribution in [2.45, 2.75) is 38.1 Å². The molecule has 2 rings (SSSR count). The van der Waals surface area contributed by atoms with Crippen LogP contribution < -0.4 is 5.73 Å². The topological polar surface area (TPSA) is 66.6 Å². The molecule has 0 aromatic rings. The summed E-state index contributed by atoms with van der Waals surface area (Å²) >= 11 is 0. The van der Waals surface area contributed by atoms with Gasteiger partial charge in [-0.1, -0.05) is 0 Å². The summed E-state index contributed by atoms with van der Waals surface area (Å²) < 4.78 is 0. The fourth-order valence-corrected chi connectivity index (χ4v) is 2.52. The Bertz CT molecular complexity index is 300. The summed E-state index contributed by atoms with van der Waals surface area (Å²) in [6, 6.07) is -0.413. The van der Waals surface area contributed by atoms with E-state index < -0.39 is 6.04 Å². The molecule has 0 unspecified atom stereocenters. The molecule has 2 saturated heterocycles. The SMILES string of the molecule is N[C@H]1CCCCN(CC(=O)N2CCCC2)C1=O. The van der Waals surface area contributed by atoms with Gasteiger partial charge in [-0.3, -0.25) is 9.59 Å². The lowest BCUT2D eigenvalue weighted by molar-refractivity contribution is -0.140. The molecule has 0 radical (unpaired) electrons. The van der Waals surface area contributed by atoms with Crippen LogP contribution in [0.4, 0.5) is 0 Å². The fraction of sp³-hybridized carbons (Fsp3) is 0.833. The van der Waals surface area contributed by atoms with E-state index in [1.165, 1.54) is 0 Å². The first-order chi connectivity index (χ1) is 8.18. The first-order valence-electron chi connectivity index (χ1n) is 6.50. The van der Waals surface area contributed by atoms with Crippen LogP contribution in [0.2, 0.25) is 0 Å². The molecule has 2 amide bonds. The molecule has 1 atom stereocenters. The summed E-state index contributed by atoms with van der Waals surface area (Å²) in [6.45, 7) is 2.57. The molecule has 0 aliphatic carbocycles. The van der Waals surface area contributed by atoms with E-state index in [0.717, 1.165) is 45.2 Å². The number of hydrogen-bond donors (Lipinski definition) is 1. The summed E-state index contributed by atoms with van der Waals surface area (Å²) in [6.07, 6.45) is 4.83. The first kappa shape index (κ1) is 12.4.